The number of carbonyl (C=O) groups is 1. The number of hydrogen-bond donors (Lipinski definition) is 1. The van der Waals surface area contributed by atoms with Crippen molar-refractivity contribution in [2.45, 2.75) is 10.9 Å². The van der Waals surface area contributed by atoms with Gasteiger partial charge in [0.05, 0.1) is 7.11 Å². The molecule has 3 rings (SSSR count). The Bertz CT molecular complexity index is 1300. The first-order valence-electron chi connectivity index (χ1n) is 9.11. The van der Waals surface area contributed by atoms with Gasteiger partial charge in [-0.25, -0.2) is 8.42 Å². The first-order chi connectivity index (χ1) is 15.3. The van der Waals surface area contributed by atoms with Crippen LogP contribution < -0.4 is 14.8 Å². The highest BCUT2D eigenvalue weighted by molar-refractivity contribution is 7.92. The van der Waals surface area contributed by atoms with E-state index in [4.69, 9.17) is 9.47 Å². The summed E-state index contributed by atoms with van der Waals surface area (Å²) in [6, 6.07) is 16.5. The minimum atomic E-state index is -3.54. The Morgan fingerprint density at radius 1 is 1.19 bits per heavy atom. The number of methoxy groups -OCH3 is 1. The van der Waals surface area contributed by atoms with Gasteiger partial charge in [0.15, 0.2) is 11.5 Å². The number of nitrogens with one attached hydrogen (secondary N) is 1. The van der Waals surface area contributed by atoms with E-state index in [0.29, 0.717) is 35.0 Å². The summed E-state index contributed by atoms with van der Waals surface area (Å²) in [4.78, 5) is 12.4. The van der Waals surface area contributed by atoms with E-state index < -0.39 is 15.7 Å². The lowest BCUT2D eigenvalue weighted by molar-refractivity contribution is -0.112. The van der Waals surface area contributed by atoms with Crippen LogP contribution in [0.4, 0.5) is 5.13 Å². The maximum atomic E-state index is 12.4. The van der Waals surface area contributed by atoms with Crippen LogP contribution >= 0.6 is 11.3 Å². The van der Waals surface area contributed by atoms with Crippen LogP contribution in [0.25, 0.3) is 6.08 Å². The van der Waals surface area contributed by atoms with Gasteiger partial charge in [-0.2, -0.15) is 5.26 Å². The highest BCUT2D eigenvalue weighted by Gasteiger charge is 2.17. The topological polar surface area (TPSA) is 131 Å². The number of sulfone groups is 1. The van der Waals surface area contributed by atoms with Crippen LogP contribution in [0.15, 0.2) is 58.4 Å². The summed E-state index contributed by atoms with van der Waals surface area (Å²) >= 11 is 0.699. The standard InChI is InChI=1S/C21H18N4O5S2/c1-29-18-11-15(8-9-17(18)30-13-14-6-4-3-5-7-14)10-16(12-22)19(26)23-20-24-25-21(31-20)32(2,27)28/h3-11H,13H2,1-2H3,(H,23,24,26)/b16-10-. The molecule has 9 nitrogen and oxygen atoms in total. The van der Waals surface area contributed by atoms with E-state index in [9.17, 15) is 18.5 Å². The quantitative estimate of drug-likeness (QED) is 0.302. The molecule has 11 heteroatoms. The number of rotatable bonds is 8. The number of aromatic nitrogens is 2. The Kier molecular flexibility index (Phi) is 7.19. The zero-order valence-electron chi connectivity index (χ0n) is 17.1. The number of anilines is 1. The molecule has 3 aromatic rings. The van der Waals surface area contributed by atoms with Gasteiger partial charge >= 0.3 is 0 Å². The lowest BCUT2D eigenvalue weighted by Gasteiger charge is -2.11. The fraction of sp³-hybridized carbons (Fsp3) is 0.143. The predicted octanol–water partition coefficient (Wildman–Crippen LogP) is 3.07. The second-order valence-corrected chi connectivity index (χ2v) is 9.62. The Labute approximate surface area is 188 Å². The van der Waals surface area contributed by atoms with Crippen molar-refractivity contribution in [1.82, 2.24) is 10.2 Å². The summed E-state index contributed by atoms with van der Waals surface area (Å²) in [6.45, 7) is 0.357. The summed E-state index contributed by atoms with van der Waals surface area (Å²) in [6.07, 6.45) is 2.36. The number of carbonyl (C=O) groups excluding carboxylic acids is 1. The Balaban J connectivity index is 1.75. The minimum Gasteiger partial charge on any atom is -0.493 e. The van der Waals surface area contributed by atoms with E-state index in [1.165, 1.54) is 13.2 Å². The summed E-state index contributed by atoms with van der Waals surface area (Å²) in [7, 11) is -2.05. The molecule has 1 amide bonds. The third-order valence-electron chi connectivity index (χ3n) is 4.05. The molecule has 0 aliphatic rings. The third kappa shape index (κ3) is 5.90. The van der Waals surface area contributed by atoms with Gasteiger partial charge in [0, 0.05) is 6.26 Å². The van der Waals surface area contributed by atoms with Crippen LogP contribution in [0.2, 0.25) is 0 Å². The fourth-order valence-corrected chi connectivity index (χ4v) is 4.02. The zero-order chi connectivity index (χ0) is 23.1. The highest BCUT2D eigenvalue weighted by Crippen LogP contribution is 2.30. The average molecular weight is 471 g/mol. The first kappa shape index (κ1) is 22.9. The van der Waals surface area contributed by atoms with Crippen molar-refractivity contribution in [1.29, 1.82) is 5.26 Å². The Morgan fingerprint density at radius 2 is 1.94 bits per heavy atom. The molecule has 0 radical (unpaired) electrons. The predicted molar refractivity (Wildman–Crippen MR) is 119 cm³/mol. The Hall–Kier alpha value is -3.75. The van der Waals surface area contributed by atoms with Crippen molar-refractivity contribution < 1.29 is 22.7 Å². The molecular weight excluding hydrogens is 452 g/mol. The molecule has 0 spiro atoms. The smallest absolute Gasteiger partial charge is 0.268 e. The number of nitriles is 1. The van der Waals surface area contributed by atoms with Crippen molar-refractivity contribution in [2.75, 3.05) is 18.7 Å². The van der Waals surface area contributed by atoms with Gasteiger partial charge in [-0.15, -0.1) is 10.2 Å². The second kappa shape index (κ2) is 10.0. The second-order valence-electron chi connectivity index (χ2n) is 6.45. The fourth-order valence-electron chi connectivity index (χ4n) is 2.52. The van der Waals surface area contributed by atoms with Crippen LogP contribution in [0, 0.1) is 11.3 Å². The van der Waals surface area contributed by atoms with Crippen LogP contribution in [0.3, 0.4) is 0 Å². The molecule has 1 heterocycles. The van der Waals surface area contributed by atoms with Crippen molar-refractivity contribution in [3.8, 4) is 17.6 Å². The zero-order valence-corrected chi connectivity index (χ0v) is 18.7. The summed E-state index contributed by atoms with van der Waals surface area (Å²) < 4.78 is 33.9. The van der Waals surface area contributed by atoms with Crippen molar-refractivity contribution in [3.05, 3.63) is 65.2 Å². The van der Waals surface area contributed by atoms with Crippen molar-refractivity contribution in [3.63, 3.8) is 0 Å². The van der Waals surface area contributed by atoms with Crippen LogP contribution in [-0.4, -0.2) is 37.9 Å². The number of ether oxygens (including phenoxy) is 2. The van der Waals surface area contributed by atoms with Crippen LogP contribution in [-0.2, 0) is 21.2 Å². The molecule has 0 saturated carbocycles. The molecule has 0 bridgehead atoms. The molecule has 0 aliphatic carbocycles. The number of hydrogen-bond acceptors (Lipinski definition) is 9. The van der Waals surface area contributed by atoms with Gasteiger partial charge in [-0.3, -0.25) is 10.1 Å². The molecule has 0 unspecified atom stereocenters. The number of benzene rings is 2. The molecule has 32 heavy (non-hydrogen) atoms. The maximum Gasteiger partial charge on any atom is 0.268 e. The molecule has 164 valence electrons. The van der Waals surface area contributed by atoms with E-state index in [1.54, 1.807) is 18.2 Å². The monoisotopic (exact) mass is 470 g/mol. The molecule has 1 N–H and O–H groups in total. The van der Waals surface area contributed by atoms with Gasteiger partial charge in [-0.05, 0) is 29.3 Å². The van der Waals surface area contributed by atoms with E-state index >= 15 is 0 Å². The van der Waals surface area contributed by atoms with Gasteiger partial charge < -0.3 is 9.47 Å². The largest absolute Gasteiger partial charge is 0.493 e. The van der Waals surface area contributed by atoms with Gasteiger partial charge in [0.25, 0.3) is 5.91 Å². The molecule has 0 saturated heterocycles. The van der Waals surface area contributed by atoms with Crippen LogP contribution in [0.1, 0.15) is 11.1 Å². The van der Waals surface area contributed by atoms with E-state index in [1.807, 2.05) is 36.4 Å². The van der Waals surface area contributed by atoms with Crippen molar-refractivity contribution in [2.24, 2.45) is 0 Å². The third-order valence-corrected chi connectivity index (χ3v) is 6.55. The molecule has 0 aliphatic heterocycles. The van der Waals surface area contributed by atoms with Crippen LogP contribution in [0.5, 0.6) is 11.5 Å². The minimum absolute atomic E-state index is 0.0289. The van der Waals surface area contributed by atoms with Gasteiger partial charge in [0.1, 0.15) is 18.2 Å². The maximum absolute atomic E-state index is 12.4. The lowest BCUT2D eigenvalue weighted by Crippen LogP contribution is -2.13. The van der Waals surface area contributed by atoms with Crippen molar-refractivity contribution >= 4 is 38.3 Å². The summed E-state index contributed by atoms with van der Waals surface area (Å²) in [5, 5.41) is 18.9. The normalized spacial score (nSPS) is 11.5. The molecular formula is C21H18N4O5S2. The number of nitrogens with zero attached hydrogens (tertiary/aromatic N) is 3. The molecule has 0 fully saturated rings. The first-order valence-corrected chi connectivity index (χ1v) is 11.8. The van der Waals surface area contributed by atoms with E-state index in [-0.39, 0.29) is 15.0 Å². The summed E-state index contributed by atoms with van der Waals surface area (Å²) in [5.41, 5.74) is 1.33. The average Bonchev–Trinajstić information content (AvgIpc) is 3.26. The SMILES string of the molecule is COc1cc(/C=C(/C#N)C(=O)Nc2nnc(S(C)(=O)=O)s2)ccc1OCc1ccccc1. The summed E-state index contributed by atoms with van der Waals surface area (Å²) in [5.74, 6) is 0.208. The molecule has 2 aromatic carbocycles. The molecule has 1 aromatic heterocycles. The highest BCUT2D eigenvalue weighted by atomic mass is 32.2. The van der Waals surface area contributed by atoms with E-state index in [2.05, 4.69) is 15.5 Å². The lowest BCUT2D eigenvalue weighted by atomic mass is 10.1. The van der Waals surface area contributed by atoms with Gasteiger partial charge in [0.2, 0.25) is 19.3 Å². The van der Waals surface area contributed by atoms with Gasteiger partial charge in [-0.1, -0.05) is 47.7 Å². The Morgan fingerprint density at radius 3 is 2.56 bits per heavy atom. The molecule has 0 atom stereocenters. The number of amides is 1. The van der Waals surface area contributed by atoms with E-state index in [0.717, 1.165) is 11.8 Å².